The lowest BCUT2D eigenvalue weighted by Gasteiger charge is -2.30. The number of nitrogens with zero attached hydrogens (tertiary/aromatic N) is 1. The highest BCUT2D eigenvalue weighted by atomic mass is 32.1. The fraction of sp³-hybridized carbons (Fsp3) is 0.588. The van der Waals surface area contributed by atoms with Crippen molar-refractivity contribution < 1.29 is 4.74 Å². The number of para-hydroxylation sites is 1. The Labute approximate surface area is 131 Å². The Kier molecular flexibility index (Phi) is 5.73. The van der Waals surface area contributed by atoms with Crippen LogP contribution in [0.15, 0.2) is 24.3 Å². The summed E-state index contributed by atoms with van der Waals surface area (Å²) in [4.78, 5) is 4.78. The summed E-state index contributed by atoms with van der Waals surface area (Å²) in [7, 11) is 1.74. The lowest BCUT2D eigenvalue weighted by Crippen LogP contribution is -2.34. The molecular formula is C17H26N2OS. The highest BCUT2D eigenvalue weighted by molar-refractivity contribution is 7.18. The average molecular weight is 306 g/mol. The number of nitrogens with one attached hydrogen (secondary N) is 1. The number of benzene rings is 1. The van der Waals surface area contributed by atoms with Gasteiger partial charge in [-0.15, -0.1) is 11.3 Å². The summed E-state index contributed by atoms with van der Waals surface area (Å²) >= 11 is 1.82. The maximum absolute atomic E-state index is 5.09. The van der Waals surface area contributed by atoms with E-state index in [1.165, 1.54) is 9.71 Å². The molecule has 0 aliphatic rings. The van der Waals surface area contributed by atoms with Gasteiger partial charge in [-0.3, -0.25) is 0 Å². The molecule has 1 N–H and O–H groups in total. The molecule has 0 spiro atoms. The molecule has 3 nitrogen and oxygen atoms in total. The second-order valence-corrected chi connectivity index (χ2v) is 7.65. The molecule has 1 atom stereocenters. The van der Waals surface area contributed by atoms with Crippen molar-refractivity contribution in [1.29, 1.82) is 0 Å². The van der Waals surface area contributed by atoms with Gasteiger partial charge in [-0.2, -0.15) is 0 Å². The topological polar surface area (TPSA) is 34.1 Å². The zero-order chi connectivity index (χ0) is 15.3. The summed E-state index contributed by atoms with van der Waals surface area (Å²) in [5.41, 5.74) is 1.38. The minimum absolute atomic E-state index is 0.262. The molecule has 1 unspecified atom stereocenters. The predicted octanol–water partition coefficient (Wildman–Crippen LogP) is 3.74. The maximum atomic E-state index is 5.09. The second-order valence-electron chi connectivity index (χ2n) is 6.54. The number of rotatable bonds is 7. The zero-order valence-electron chi connectivity index (χ0n) is 13.5. The van der Waals surface area contributed by atoms with Gasteiger partial charge in [0.05, 0.1) is 21.8 Å². The molecule has 0 fully saturated rings. The van der Waals surface area contributed by atoms with E-state index in [1.807, 2.05) is 11.3 Å². The number of aromatic nitrogens is 1. The van der Waals surface area contributed by atoms with Crippen LogP contribution in [0.25, 0.3) is 10.2 Å². The van der Waals surface area contributed by atoms with E-state index in [9.17, 15) is 0 Å². The Bertz CT molecular complexity index is 526. The molecule has 0 aliphatic carbocycles. The Morgan fingerprint density at radius 3 is 2.71 bits per heavy atom. The first-order chi connectivity index (χ1) is 10.0. The van der Waals surface area contributed by atoms with Crippen LogP contribution in [0.5, 0.6) is 0 Å². The van der Waals surface area contributed by atoms with Gasteiger partial charge in [0.25, 0.3) is 0 Å². The summed E-state index contributed by atoms with van der Waals surface area (Å²) in [6, 6.07) is 8.38. The molecule has 0 saturated heterocycles. The Morgan fingerprint density at radius 2 is 2.05 bits per heavy atom. The van der Waals surface area contributed by atoms with Crippen LogP contribution in [-0.4, -0.2) is 31.8 Å². The van der Waals surface area contributed by atoms with E-state index in [0.29, 0.717) is 5.92 Å². The van der Waals surface area contributed by atoms with E-state index >= 15 is 0 Å². The third kappa shape index (κ3) is 4.77. The molecular weight excluding hydrogens is 280 g/mol. The van der Waals surface area contributed by atoms with E-state index in [1.54, 1.807) is 7.11 Å². The molecule has 0 saturated carbocycles. The maximum Gasteiger partial charge on any atom is 0.0942 e. The van der Waals surface area contributed by atoms with E-state index in [4.69, 9.17) is 9.72 Å². The van der Waals surface area contributed by atoms with Crippen molar-refractivity contribution in [3.63, 3.8) is 0 Å². The molecule has 2 rings (SSSR count). The predicted molar refractivity (Wildman–Crippen MR) is 91.0 cm³/mol. The van der Waals surface area contributed by atoms with Crippen molar-refractivity contribution in [3.8, 4) is 0 Å². The van der Waals surface area contributed by atoms with Crippen molar-refractivity contribution >= 4 is 21.6 Å². The molecule has 1 heterocycles. The largest absolute Gasteiger partial charge is 0.383 e. The van der Waals surface area contributed by atoms with Crippen LogP contribution in [0.1, 0.15) is 25.8 Å². The molecule has 0 bridgehead atoms. The van der Waals surface area contributed by atoms with Crippen LogP contribution in [0, 0.1) is 11.3 Å². The van der Waals surface area contributed by atoms with Crippen molar-refractivity contribution in [2.24, 2.45) is 11.3 Å². The fourth-order valence-corrected chi connectivity index (χ4v) is 3.40. The summed E-state index contributed by atoms with van der Waals surface area (Å²) in [6.07, 6.45) is 1.03. The Hall–Kier alpha value is -0.970. The van der Waals surface area contributed by atoms with Crippen molar-refractivity contribution in [2.45, 2.75) is 27.2 Å². The van der Waals surface area contributed by atoms with Gasteiger partial charge in [0.1, 0.15) is 0 Å². The molecule has 1 aromatic heterocycles. The van der Waals surface area contributed by atoms with Gasteiger partial charge in [0, 0.05) is 20.1 Å². The molecule has 0 radical (unpaired) electrons. The van der Waals surface area contributed by atoms with Crippen molar-refractivity contribution in [1.82, 2.24) is 10.3 Å². The Morgan fingerprint density at radius 1 is 1.29 bits per heavy atom. The third-order valence-electron chi connectivity index (χ3n) is 3.86. The molecule has 21 heavy (non-hydrogen) atoms. The number of methoxy groups -OCH3 is 1. The summed E-state index contributed by atoms with van der Waals surface area (Å²) in [5.74, 6) is 0.565. The van der Waals surface area contributed by atoms with Crippen LogP contribution in [0.3, 0.4) is 0 Å². The van der Waals surface area contributed by atoms with E-state index in [-0.39, 0.29) is 5.41 Å². The van der Waals surface area contributed by atoms with Gasteiger partial charge in [-0.05, 0) is 30.0 Å². The monoisotopic (exact) mass is 306 g/mol. The van der Waals surface area contributed by atoms with Gasteiger partial charge in [-0.25, -0.2) is 4.98 Å². The standard InChI is InChI=1S/C17H26N2OS/c1-17(2,3)13(12-18-9-10-20-4)11-16-19-14-7-5-6-8-15(14)21-16/h5-8,13,18H,9-12H2,1-4H3. The van der Waals surface area contributed by atoms with Gasteiger partial charge < -0.3 is 10.1 Å². The first-order valence-electron chi connectivity index (χ1n) is 7.55. The van der Waals surface area contributed by atoms with Crippen LogP contribution in [0.4, 0.5) is 0 Å². The molecule has 116 valence electrons. The minimum atomic E-state index is 0.262. The van der Waals surface area contributed by atoms with Gasteiger partial charge >= 0.3 is 0 Å². The van der Waals surface area contributed by atoms with E-state index in [0.717, 1.165) is 31.6 Å². The van der Waals surface area contributed by atoms with Gasteiger partial charge in [0.15, 0.2) is 0 Å². The Balaban J connectivity index is 2.03. The molecule has 0 aliphatic heterocycles. The molecule has 2 aromatic rings. The average Bonchev–Trinajstić information content (AvgIpc) is 2.83. The number of hydrogen-bond acceptors (Lipinski definition) is 4. The van der Waals surface area contributed by atoms with Crippen LogP contribution < -0.4 is 5.32 Å². The highest BCUT2D eigenvalue weighted by Crippen LogP contribution is 2.31. The first kappa shape index (κ1) is 16.4. The number of ether oxygens (including phenoxy) is 1. The van der Waals surface area contributed by atoms with Crippen LogP contribution in [-0.2, 0) is 11.2 Å². The zero-order valence-corrected chi connectivity index (χ0v) is 14.3. The highest BCUT2D eigenvalue weighted by Gasteiger charge is 2.25. The summed E-state index contributed by atoms with van der Waals surface area (Å²) < 4.78 is 6.38. The van der Waals surface area contributed by atoms with Gasteiger partial charge in [-0.1, -0.05) is 32.9 Å². The van der Waals surface area contributed by atoms with Crippen molar-refractivity contribution in [2.75, 3.05) is 26.8 Å². The second kappa shape index (κ2) is 7.34. The summed E-state index contributed by atoms with van der Waals surface area (Å²) in [5, 5.41) is 4.74. The molecule has 0 amide bonds. The SMILES string of the molecule is COCCNCC(Cc1nc2ccccc2s1)C(C)(C)C. The van der Waals surface area contributed by atoms with E-state index < -0.39 is 0 Å². The number of hydrogen-bond donors (Lipinski definition) is 1. The normalized spacial score (nSPS) is 13.7. The van der Waals surface area contributed by atoms with E-state index in [2.05, 4.69) is 50.4 Å². The minimum Gasteiger partial charge on any atom is -0.383 e. The van der Waals surface area contributed by atoms with Crippen LogP contribution >= 0.6 is 11.3 Å². The lowest BCUT2D eigenvalue weighted by molar-refractivity contribution is 0.186. The molecule has 1 aromatic carbocycles. The first-order valence-corrected chi connectivity index (χ1v) is 8.36. The fourth-order valence-electron chi connectivity index (χ4n) is 2.35. The lowest BCUT2D eigenvalue weighted by atomic mass is 9.79. The third-order valence-corrected chi connectivity index (χ3v) is 4.92. The molecule has 4 heteroatoms. The number of fused-ring (bicyclic) bond motifs is 1. The smallest absolute Gasteiger partial charge is 0.0942 e. The van der Waals surface area contributed by atoms with Crippen LogP contribution in [0.2, 0.25) is 0 Å². The quantitative estimate of drug-likeness (QED) is 0.791. The van der Waals surface area contributed by atoms with Gasteiger partial charge in [0.2, 0.25) is 0 Å². The number of thiazole rings is 1. The summed E-state index contributed by atoms with van der Waals surface area (Å²) in [6.45, 7) is 9.60. The van der Waals surface area contributed by atoms with Crippen molar-refractivity contribution in [3.05, 3.63) is 29.3 Å².